The summed E-state index contributed by atoms with van der Waals surface area (Å²) in [6, 6.07) is 5.97. The highest BCUT2D eigenvalue weighted by molar-refractivity contribution is 6.31. The van der Waals surface area contributed by atoms with Crippen molar-refractivity contribution in [3.63, 3.8) is 0 Å². The van der Waals surface area contributed by atoms with Gasteiger partial charge >= 0.3 is 0 Å². The number of aromatic nitrogens is 2. The molecule has 1 aromatic carbocycles. The van der Waals surface area contributed by atoms with Crippen molar-refractivity contribution in [2.75, 3.05) is 26.0 Å². The van der Waals surface area contributed by atoms with E-state index < -0.39 is 0 Å². The van der Waals surface area contributed by atoms with E-state index in [0.29, 0.717) is 5.88 Å². The first kappa shape index (κ1) is 15.1. The number of hydrogen-bond acceptors (Lipinski definition) is 2. The molecular weight excluding hydrogens is 305 g/mol. The van der Waals surface area contributed by atoms with E-state index in [2.05, 4.69) is 22.6 Å². The van der Waals surface area contributed by atoms with Crippen LogP contribution in [0, 0.1) is 5.92 Å². The molecular formula is C16H21Cl2N3. The molecule has 3 rings (SSSR count). The minimum Gasteiger partial charge on any atom is -0.328 e. The molecule has 0 unspecified atom stereocenters. The monoisotopic (exact) mass is 325 g/mol. The van der Waals surface area contributed by atoms with Gasteiger partial charge in [-0.2, -0.15) is 0 Å². The maximum absolute atomic E-state index is 6.08. The molecule has 0 atom stereocenters. The lowest BCUT2D eigenvalue weighted by Gasteiger charge is -2.29. The van der Waals surface area contributed by atoms with Gasteiger partial charge in [0.1, 0.15) is 5.82 Å². The third kappa shape index (κ3) is 3.36. The summed E-state index contributed by atoms with van der Waals surface area (Å²) in [5.74, 6) is 2.41. The summed E-state index contributed by atoms with van der Waals surface area (Å²) in [5, 5.41) is 0.740. The van der Waals surface area contributed by atoms with Crippen LogP contribution in [0.15, 0.2) is 18.2 Å². The molecule has 1 aliphatic heterocycles. The minimum atomic E-state index is 0.602. The SMILES string of the molecule is CN1CCC(Cn2c(CCCl)nc3cc(Cl)ccc32)CC1. The molecule has 1 aromatic heterocycles. The Bertz CT molecular complexity index is 615. The Balaban J connectivity index is 1.89. The van der Waals surface area contributed by atoms with Crippen LogP contribution in [0.2, 0.25) is 5.02 Å². The Morgan fingerprint density at radius 3 is 2.76 bits per heavy atom. The van der Waals surface area contributed by atoms with Crippen molar-refractivity contribution in [3.8, 4) is 0 Å². The fourth-order valence-electron chi connectivity index (χ4n) is 3.13. The molecule has 0 spiro atoms. The Labute approximate surface area is 135 Å². The van der Waals surface area contributed by atoms with Gasteiger partial charge in [0.2, 0.25) is 0 Å². The van der Waals surface area contributed by atoms with Crippen LogP contribution in [0.4, 0.5) is 0 Å². The predicted molar refractivity (Wildman–Crippen MR) is 89.4 cm³/mol. The van der Waals surface area contributed by atoms with Gasteiger partial charge in [-0.1, -0.05) is 11.6 Å². The van der Waals surface area contributed by atoms with Gasteiger partial charge in [-0.3, -0.25) is 0 Å². The molecule has 21 heavy (non-hydrogen) atoms. The van der Waals surface area contributed by atoms with E-state index in [1.807, 2.05) is 12.1 Å². The van der Waals surface area contributed by atoms with Crippen LogP contribution in [0.1, 0.15) is 18.7 Å². The van der Waals surface area contributed by atoms with Gasteiger partial charge < -0.3 is 9.47 Å². The summed E-state index contributed by atoms with van der Waals surface area (Å²) in [7, 11) is 2.20. The number of alkyl halides is 1. The summed E-state index contributed by atoms with van der Waals surface area (Å²) < 4.78 is 2.35. The van der Waals surface area contributed by atoms with E-state index in [-0.39, 0.29) is 0 Å². The molecule has 3 nitrogen and oxygen atoms in total. The molecule has 1 fully saturated rings. The van der Waals surface area contributed by atoms with Gasteiger partial charge in [0.15, 0.2) is 0 Å². The van der Waals surface area contributed by atoms with E-state index in [9.17, 15) is 0 Å². The van der Waals surface area contributed by atoms with Gasteiger partial charge in [0.05, 0.1) is 11.0 Å². The Morgan fingerprint density at radius 2 is 2.05 bits per heavy atom. The maximum atomic E-state index is 6.08. The summed E-state index contributed by atoms with van der Waals surface area (Å²) >= 11 is 12.0. The molecule has 0 aliphatic carbocycles. The molecule has 114 valence electrons. The van der Waals surface area contributed by atoms with Gasteiger partial charge in [0, 0.05) is 23.9 Å². The zero-order valence-corrected chi connectivity index (χ0v) is 13.9. The molecule has 1 saturated heterocycles. The zero-order chi connectivity index (χ0) is 14.8. The fraction of sp³-hybridized carbons (Fsp3) is 0.562. The summed E-state index contributed by atoms with van der Waals surface area (Å²) in [4.78, 5) is 7.13. The normalized spacial score (nSPS) is 17.7. The van der Waals surface area contributed by atoms with Crippen LogP contribution in [-0.4, -0.2) is 40.5 Å². The van der Waals surface area contributed by atoms with Crippen LogP contribution in [-0.2, 0) is 13.0 Å². The highest BCUT2D eigenvalue weighted by Crippen LogP contribution is 2.25. The minimum absolute atomic E-state index is 0.602. The second kappa shape index (κ2) is 6.55. The highest BCUT2D eigenvalue weighted by atomic mass is 35.5. The van der Waals surface area contributed by atoms with Crippen molar-refractivity contribution >= 4 is 34.2 Å². The van der Waals surface area contributed by atoms with Crippen molar-refractivity contribution in [1.29, 1.82) is 0 Å². The molecule has 0 saturated carbocycles. The molecule has 2 heterocycles. The molecule has 0 amide bonds. The van der Waals surface area contributed by atoms with Crippen molar-refractivity contribution in [3.05, 3.63) is 29.0 Å². The standard InChI is InChI=1S/C16H21Cl2N3/c1-20-8-5-12(6-9-20)11-21-15-3-2-13(18)10-14(15)19-16(21)4-7-17/h2-3,10,12H,4-9,11H2,1H3. The van der Waals surface area contributed by atoms with E-state index in [1.54, 1.807) is 0 Å². The number of likely N-dealkylation sites (tertiary alicyclic amines) is 1. The first-order valence-electron chi connectivity index (χ1n) is 7.56. The lowest BCUT2D eigenvalue weighted by atomic mass is 9.97. The third-order valence-corrected chi connectivity index (χ3v) is 4.81. The van der Waals surface area contributed by atoms with Crippen LogP contribution in [0.25, 0.3) is 11.0 Å². The lowest BCUT2D eigenvalue weighted by molar-refractivity contribution is 0.205. The van der Waals surface area contributed by atoms with E-state index in [1.165, 1.54) is 31.4 Å². The van der Waals surface area contributed by atoms with E-state index in [0.717, 1.165) is 35.2 Å². The third-order valence-electron chi connectivity index (χ3n) is 4.39. The van der Waals surface area contributed by atoms with Gasteiger partial charge in [0.25, 0.3) is 0 Å². The molecule has 0 N–H and O–H groups in total. The Kier molecular flexibility index (Phi) is 4.72. The second-order valence-electron chi connectivity index (χ2n) is 5.96. The number of imidazole rings is 1. The number of rotatable bonds is 4. The topological polar surface area (TPSA) is 21.1 Å². The lowest BCUT2D eigenvalue weighted by Crippen LogP contribution is -2.32. The largest absolute Gasteiger partial charge is 0.328 e. The van der Waals surface area contributed by atoms with Gasteiger partial charge in [-0.15, -0.1) is 11.6 Å². The number of fused-ring (bicyclic) bond motifs is 1. The quantitative estimate of drug-likeness (QED) is 0.797. The van der Waals surface area contributed by atoms with Crippen molar-refractivity contribution in [1.82, 2.24) is 14.5 Å². The predicted octanol–water partition coefficient (Wildman–Crippen LogP) is 3.81. The van der Waals surface area contributed by atoms with Crippen molar-refractivity contribution < 1.29 is 0 Å². The highest BCUT2D eigenvalue weighted by Gasteiger charge is 2.20. The maximum Gasteiger partial charge on any atom is 0.111 e. The smallest absolute Gasteiger partial charge is 0.111 e. The number of nitrogens with zero attached hydrogens (tertiary/aromatic N) is 3. The van der Waals surface area contributed by atoms with Crippen LogP contribution < -0.4 is 0 Å². The number of halogens is 2. The summed E-state index contributed by atoms with van der Waals surface area (Å²) in [6.45, 7) is 3.42. The molecule has 1 aliphatic rings. The van der Waals surface area contributed by atoms with E-state index in [4.69, 9.17) is 28.2 Å². The van der Waals surface area contributed by atoms with Gasteiger partial charge in [-0.25, -0.2) is 4.98 Å². The van der Waals surface area contributed by atoms with Crippen molar-refractivity contribution in [2.24, 2.45) is 5.92 Å². The zero-order valence-electron chi connectivity index (χ0n) is 12.4. The Morgan fingerprint density at radius 1 is 1.29 bits per heavy atom. The number of aryl methyl sites for hydroxylation is 1. The summed E-state index contributed by atoms with van der Waals surface area (Å²) in [5.41, 5.74) is 2.16. The number of benzene rings is 1. The van der Waals surface area contributed by atoms with Gasteiger partial charge in [-0.05, 0) is 57.1 Å². The molecule has 0 radical (unpaired) electrons. The van der Waals surface area contributed by atoms with Crippen molar-refractivity contribution in [2.45, 2.75) is 25.8 Å². The first-order chi connectivity index (χ1) is 10.2. The second-order valence-corrected chi connectivity index (χ2v) is 6.77. The average molecular weight is 326 g/mol. The van der Waals surface area contributed by atoms with Crippen LogP contribution in [0.3, 0.4) is 0 Å². The number of piperidine rings is 1. The average Bonchev–Trinajstić information content (AvgIpc) is 2.79. The first-order valence-corrected chi connectivity index (χ1v) is 8.48. The van der Waals surface area contributed by atoms with Crippen LogP contribution in [0.5, 0.6) is 0 Å². The van der Waals surface area contributed by atoms with Crippen LogP contribution >= 0.6 is 23.2 Å². The Hall–Kier alpha value is -0.770. The molecule has 2 aromatic rings. The molecule has 0 bridgehead atoms. The van der Waals surface area contributed by atoms with E-state index >= 15 is 0 Å². The summed E-state index contributed by atoms with van der Waals surface area (Å²) in [6.07, 6.45) is 3.31. The number of hydrogen-bond donors (Lipinski definition) is 0. The fourth-order valence-corrected chi connectivity index (χ4v) is 3.47. The molecule has 5 heteroatoms.